The average molecular weight is 240 g/mol. The highest BCUT2D eigenvalue weighted by Gasteiger charge is 1.66. The second-order valence-corrected chi connectivity index (χ2v) is 3.68. The van der Waals surface area contributed by atoms with Crippen molar-refractivity contribution < 1.29 is 29.7 Å². The molecule has 6 nitrogen and oxygen atoms in total. The van der Waals surface area contributed by atoms with Crippen molar-refractivity contribution in [3.05, 3.63) is 0 Å². The van der Waals surface area contributed by atoms with Crippen LogP contribution >= 0.6 is 0 Å². The summed E-state index contributed by atoms with van der Waals surface area (Å²) in [4.78, 5) is 27.0. The van der Waals surface area contributed by atoms with E-state index in [-0.39, 0.29) is 0 Å². The molecule has 0 unspecified atom stereocenters. The molecule has 0 fully saturated rings. The van der Waals surface area contributed by atoms with Gasteiger partial charge in [0.25, 0.3) is 17.9 Å². The summed E-state index contributed by atoms with van der Waals surface area (Å²) in [5.74, 6) is -2.50. The van der Waals surface area contributed by atoms with Crippen molar-refractivity contribution in [2.24, 2.45) is 0 Å². The van der Waals surface area contributed by atoms with Crippen molar-refractivity contribution in [3.63, 3.8) is 0 Å². The molecule has 15 heavy (non-hydrogen) atoms. The molecule has 7 heteroatoms. The van der Waals surface area contributed by atoms with Crippen LogP contribution in [0, 0.1) is 0 Å². The van der Waals surface area contributed by atoms with Gasteiger partial charge in [0.1, 0.15) is 0 Å². The van der Waals surface area contributed by atoms with E-state index >= 15 is 0 Å². The van der Waals surface area contributed by atoms with Gasteiger partial charge in [0.2, 0.25) is 0 Å². The Hall–Kier alpha value is -1.37. The second kappa shape index (κ2) is 22.9. The maximum absolute atomic E-state index is 9.00. The molecule has 0 aromatic rings. The van der Waals surface area contributed by atoms with Gasteiger partial charge in [-0.3, -0.25) is 14.4 Å². The van der Waals surface area contributed by atoms with Crippen molar-refractivity contribution in [2.75, 3.05) is 0 Å². The lowest BCUT2D eigenvalue weighted by Gasteiger charge is -1.59. The molecule has 92 valence electrons. The van der Waals surface area contributed by atoms with Crippen molar-refractivity contribution in [1.82, 2.24) is 0 Å². The fourth-order valence-electron chi connectivity index (χ4n) is 0. The lowest BCUT2D eigenvalue weighted by atomic mass is 10.9. The molecule has 0 saturated heterocycles. The first-order valence-electron chi connectivity index (χ1n) is 4.20. The Labute approximate surface area is 92.3 Å². The Kier molecular flexibility index (Phi) is 35.8. The Morgan fingerprint density at radius 3 is 0.867 bits per heavy atom. The summed E-state index contributed by atoms with van der Waals surface area (Å²) in [6.07, 6.45) is 0. The minimum absolute atomic E-state index is 0.833. The summed E-state index contributed by atoms with van der Waals surface area (Å²) in [6.45, 7) is 5.44. The van der Waals surface area contributed by atoms with Gasteiger partial charge in [-0.1, -0.05) is 13.0 Å². The molecule has 0 saturated carbocycles. The standard InChI is InChI=1S/3C2H4O2.C2H8Si/c3*1-2(3)4;1-2-3/h3*1H3,(H,3,4);2H2,1,3H3. The van der Waals surface area contributed by atoms with E-state index in [4.69, 9.17) is 29.7 Å². The number of carboxylic acid groups (broad SMARTS) is 3. The lowest BCUT2D eigenvalue weighted by Crippen LogP contribution is -1.78. The Bertz CT molecular complexity index is 128. The molecule has 0 heterocycles. The second-order valence-electron chi connectivity index (χ2n) is 2.26. The Balaban J connectivity index is -0.0000000542. The zero-order chi connectivity index (χ0) is 13.4. The van der Waals surface area contributed by atoms with Crippen LogP contribution in [0.4, 0.5) is 0 Å². The molecule has 0 aliphatic carbocycles. The van der Waals surface area contributed by atoms with E-state index in [9.17, 15) is 0 Å². The Morgan fingerprint density at radius 2 is 0.867 bits per heavy atom. The molecule has 0 amide bonds. The molecule has 0 aromatic heterocycles. The van der Waals surface area contributed by atoms with Crippen molar-refractivity contribution >= 4 is 28.2 Å². The molecule has 0 radical (unpaired) electrons. The average Bonchev–Trinajstić information content (AvgIpc) is 1.81. The lowest BCUT2D eigenvalue weighted by molar-refractivity contribution is -0.135. The SMILES string of the molecule is CC(=O)O.CC(=O)O.CC(=O)O.CC[SiH3]. The summed E-state index contributed by atoms with van der Waals surface area (Å²) in [5.41, 5.74) is 0. The number of hydrogen-bond acceptors (Lipinski definition) is 3. The monoisotopic (exact) mass is 240 g/mol. The van der Waals surface area contributed by atoms with E-state index in [2.05, 4.69) is 6.92 Å². The van der Waals surface area contributed by atoms with Crippen molar-refractivity contribution in [3.8, 4) is 0 Å². The predicted octanol–water partition coefficient (Wildman–Crippen LogP) is 0.0627. The predicted molar refractivity (Wildman–Crippen MR) is 60.3 cm³/mol. The highest BCUT2D eigenvalue weighted by atomic mass is 28.1. The first-order chi connectivity index (χ1) is 6.61. The van der Waals surface area contributed by atoms with Crippen LogP contribution in [-0.2, 0) is 14.4 Å². The van der Waals surface area contributed by atoms with E-state index < -0.39 is 17.9 Å². The van der Waals surface area contributed by atoms with Gasteiger partial charge < -0.3 is 15.3 Å². The molecule has 0 rings (SSSR count). The number of rotatable bonds is 0. The van der Waals surface area contributed by atoms with E-state index in [0.717, 1.165) is 20.8 Å². The van der Waals surface area contributed by atoms with Crippen LogP contribution in [0.15, 0.2) is 0 Å². The summed E-state index contributed by atoms with van der Waals surface area (Å²) in [7, 11) is 1.37. The third-order valence-corrected chi connectivity index (χ3v) is 0. The van der Waals surface area contributed by atoms with Crippen LogP contribution in [0.1, 0.15) is 27.7 Å². The van der Waals surface area contributed by atoms with Gasteiger partial charge in [-0.2, -0.15) is 0 Å². The number of hydrogen-bond donors (Lipinski definition) is 3. The van der Waals surface area contributed by atoms with E-state index in [0.29, 0.717) is 0 Å². The van der Waals surface area contributed by atoms with Crippen LogP contribution < -0.4 is 0 Å². The third-order valence-electron chi connectivity index (χ3n) is 0. The minimum atomic E-state index is -0.833. The van der Waals surface area contributed by atoms with Crippen LogP contribution in [0.3, 0.4) is 0 Å². The highest BCUT2D eigenvalue weighted by Crippen LogP contribution is 1.49. The summed E-state index contributed by atoms with van der Waals surface area (Å²) < 4.78 is 0. The molecular formula is C8H20O6Si. The van der Waals surface area contributed by atoms with E-state index in [1.807, 2.05) is 0 Å². The number of carboxylic acids is 3. The van der Waals surface area contributed by atoms with Gasteiger partial charge in [0.05, 0.1) is 0 Å². The fraction of sp³-hybridized carbons (Fsp3) is 0.625. The third kappa shape index (κ3) is 756. The smallest absolute Gasteiger partial charge is 0.300 e. The van der Waals surface area contributed by atoms with Gasteiger partial charge in [-0.05, 0) is 0 Å². The van der Waals surface area contributed by atoms with E-state index in [1.165, 1.54) is 16.3 Å². The summed E-state index contributed by atoms with van der Waals surface area (Å²) in [6, 6.07) is 1.39. The van der Waals surface area contributed by atoms with Gasteiger partial charge in [0.15, 0.2) is 0 Å². The van der Waals surface area contributed by atoms with Gasteiger partial charge in [0, 0.05) is 31.0 Å². The first-order valence-corrected chi connectivity index (χ1v) is 5.61. The topological polar surface area (TPSA) is 112 Å². The fourth-order valence-corrected chi connectivity index (χ4v) is 0. The molecule has 0 spiro atoms. The van der Waals surface area contributed by atoms with Crippen molar-refractivity contribution in [2.45, 2.75) is 33.7 Å². The molecule has 0 aliphatic heterocycles. The van der Waals surface area contributed by atoms with Crippen molar-refractivity contribution in [1.29, 1.82) is 0 Å². The van der Waals surface area contributed by atoms with E-state index in [1.54, 1.807) is 0 Å². The zero-order valence-electron chi connectivity index (χ0n) is 9.77. The molecular weight excluding hydrogens is 220 g/mol. The molecule has 0 aliphatic rings. The zero-order valence-corrected chi connectivity index (χ0v) is 11.8. The maximum Gasteiger partial charge on any atom is 0.300 e. The Morgan fingerprint density at radius 1 is 0.867 bits per heavy atom. The minimum Gasteiger partial charge on any atom is -0.481 e. The molecule has 3 N–H and O–H groups in total. The molecule has 0 atom stereocenters. The summed E-state index contributed by atoms with van der Waals surface area (Å²) >= 11 is 0. The maximum atomic E-state index is 9.00. The van der Waals surface area contributed by atoms with Gasteiger partial charge >= 0.3 is 0 Å². The normalized spacial score (nSPS) is 6.40. The van der Waals surface area contributed by atoms with Gasteiger partial charge in [-0.15, -0.1) is 0 Å². The summed E-state index contributed by atoms with van der Waals surface area (Å²) in [5, 5.41) is 22.2. The molecule has 0 aromatic carbocycles. The number of carbonyl (C=O) groups is 3. The highest BCUT2D eigenvalue weighted by molar-refractivity contribution is 6.08. The van der Waals surface area contributed by atoms with Crippen LogP contribution in [-0.4, -0.2) is 43.5 Å². The van der Waals surface area contributed by atoms with Gasteiger partial charge in [-0.25, -0.2) is 0 Å². The van der Waals surface area contributed by atoms with Crippen LogP contribution in [0.5, 0.6) is 0 Å². The quantitative estimate of drug-likeness (QED) is 0.516. The van der Waals surface area contributed by atoms with Crippen LogP contribution in [0.25, 0.3) is 0 Å². The van der Waals surface area contributed by atoms with Crippen LogP contribution in [0.2, 0.25) is 6.04 Å². The first kappa shape index (κ1) is 23.4. The largest absolute Gasteiger partial charge is 0.481 e. The molecule has 0 bridgehead atoms. The number of aliphatic carboxylic acids is 3.